The van der Waals surface area contributed by atoms with E-state index in [-0.39, 0.29) is 5.91 Å². The first-order valence-corrected chi connectivity index (χ1v) is 5.53. The second kappa shape index (κ2) is 6.95. The highest BCUT2D eigenvalue weighted by molar-refractivity contribution is 5.75. The first-order valence-electron chi connectivity index (χ1n) is 5.53. The zero-order valence-corrected chi connectivity index (χ0v) is 9.57. The van der Waals surface area contributed by atoms with E-state index in [1.54, 1.807) is 0 Å². The number of amides is 1. The van der Waals surface area contributed by atoms with Crippen molar-refractivity contribution in [3.05, 3.63) is 12.2 Å². The molecule has 0 aliphatic carbocycles. The van der Waals surface area contributed by atoms with Crippen LogP contribution >= 0.6 is 0 Å². The molecule has 0 aliphatic rings. The number of rotatable bonds is 7. The molecule has 1 amide bonds. The summed E-state index contributed by atoms with van der Waals surface area (Å²) >= 11 is 0. The average molecular weight is 225 g/mol. The van der Waals surface area contributed by atoms with Gasteiger partial charge >= 0.3 is 0 Å². The topological polar surface area (TPSA) is 96.7 Å². The minimum absolute atomic E-state index is 0.0419. The molecule has 0 saturated heterocycles. The van der Waals surface area contributed by atoms with Crippen LogP contribution in [0.25, 0.3) is 0 Å². The first kappa shape index (κ1) is 12.6. The molecular formula is C10H19N5O. The number of hydrogen-bond donors (Lipinski definition) is 3. The fraction of sp³-hybridized carbons (Fsp3) is 0.700. The van der Waals surface area contributed by atoms with E-state index in [9.17, 15) is 4.79 Å². The highest BCUT2D eigenvalue weighted by Gasteiger charge is 2.06. The lowest BCUT2D eigenvalue weighted by Gasteiger charge is -2.09. The summed E-state index contributed by atoms with van der Waals surface area (Å²) in [6, 6.07) is 0. The molecule has 1 atom stereocenters. The SMILES string of the molecule is CC(CCN)CCC(=O)NCc1ncn[nH]1. The average Bonchev–Trinajstić information content (AvgIpc) is 2.77. The summed E-state index contributed by atoms with van der Waals surface area (Å²) in [4.78, 5) is 15.4. The first-order chi connectivity index (χ1) is 7.72. The maximum atomic E-state index is 11.4. The Balaban J connectivity index is 2.11. The van der Waals surface area contributed by atoms with E-state index in [1.165, 1.54) is 6.33 Å². The number of aromatic nitrogens is 3. The summed E-state index contributed by atoms with van der Waals surface area (Å²) in [5.74, 6) is 1.21. The maximum Gasteiger partial charge on any atom is 0.220 e. The fourth-order valence-corrected chi connectivity index (χ4v) is 1.39. The highest BCUT2D eigenvalue weighted by atomic mass is 16.1. The summed E-state index contributed by atoms with van der Waals surface area (Å²) in [6.45, 7) is 3.20. The molecule has 1 heterocycles. The van der Waals surface area contributed by atoms with Crippen LogP contribution in [0.4, 0.5) is 0 Å². The Morgan fingerprint density at radius 1 is 1.62 bits per heavy atom. The third kappa shape index (κ3) is 4.88. The minimum Gasteiger partial charge on any atom is -0.349 e. The van der Waals surface area contributed by atoms with Gasteiger partial charge in [-0.25, -0.2) is 4.98 Å². The summed E-state index contributed by atoms with van der Waals surface area (Å²) in [7, 11) is 0. The Kier molecular flexibility index (Phi) is 5.49. The van der Waals surface area contributed by atoms with Gasteiger partial charge in [0.25, 0.3) is 0 Å². The normalized spacial score (nSPS) is 12.4. The van der Waals surface area contributed by atoms with Gasteiger partial charge in [0.15, 0.2) is 0 Å². The number of carbonyl (C=O) groups is 1. The van der Waals surface area contributed by atoms with Gasteiger partial charge in [-0.05, 0) is 25.3 Å². The van der Waals surface area contributed by atoms with E-state index >= 15 is 0 Å². The molecule has 4 N–H and O–H groups in total. The van der Waals surface area contributed by atoms with Gasteiger partial charge in [-0.3, -0.25) is 9.89 Å². The molecule has 0 aromatic carbocycles. The quantitative estimate of drug-likeness (QED) is 0.617. The molecule has 1 aromatic rings. The van der Waals surface area contributed by atoms with Crippen molar-refractivity contribution in [1.82, 2.24) is 20.5 Å². The predicted molar refractivity (Wildman–Crippen MR) is 60.3 cm³/mol. The van der Waals surface area contributed by atoms with Gasteiger partial charge in [0.1, 0.15) is 12.2 Å². The monoisotopic (exact) mass is 225 g/mol. The molecule has 90 valence electrons. The molecule has 0 spiro atoms. The van der Waals surface area contributed by atoms with Crippen LogP contribution in [0.15, 0.2) is 6.33 Å². The van der Waals surface area contributed by atoms with Crippen LogP contribution in [-0.4, -0.2) is 27.6 Å². The Hall–Kier alpha value is -1.43. The lowest BCUT2D eigenvalue weighted by molar-refractivity contribution is -0.121. The van der Waals surface area contributed by atoms with Gasteiger partial charge in [0.05, 0.1) is 6.54 Å². The molecular weight excluding hydrogens is 206 g/mol. The van der Waals surface area contributed by atoms with Gasteiger partial charge in [-0.2, -0.15) is 5.10 Å². The minimum atomic E-state index is 0.0419. The van der Waals surface area contributed by atoms with Gasteiger partial charge < -0.3 is 11.1 Å². The van der Waals surface area contributed by atoms with Crippen LogP contribution in [0.5, 0.6) is 0 Å². The second-order valence-corrected chi connectivity index (χ2v) is 3.93. The van der Waals surface area contributed by atoms with Crippen molar-refractivity contribution >= 4 is 5.91 Å². The molecule has 16 heavy (non-hydrogen) atoms. The maximum absolute atomic E-state index is 11.4. The summed E-state index contributed by atoms with van der Waals surface area (Å²) in [6.07, 6.45) is 3.80. The van der Waals surface area contributed by atoms with Crippen molar-refractivity contribution in [3.8, 4) is 0 Å². The van der Waals surface area contributed by atoms with E-state index in [0.717, 1.165) is 12.8 Å². The molecule has 6 nitrogen and oxygen atoms in total. The van der Waals surface area contributed by atoms with E-state index in [0.29, 0.717) is 31.3 Å². The lowest BCUT2D eigenvalue weighted by Crippen LogP contribution is -2.23. The van der Waals surface area contributed by atoms with Gasteiger partial charge in [-0.15, -0.1) is 0 Å². The smallest absolute Gasteiger partial charge is 0.220 e. The fourth-order valence-electron chi connectivity index (χ4n) is 1.39. The molecule has 0 fully saturated rings. The zero-order valence-electron chi connectivity index (χ0n) is 9.57. The molecule has 0 bridgehead atoms. The lowest BCUT2D eigenvalue weighted by atomic mass is 10.0. The summed E-state index contributed by atoms with van der Waals surface area (Å²) in [5.41, 5.74) is 5.44. The number of nitrogens with two attached hydrogens (primary N) is 1. The van der Waals surface area contributed by atoms with Gasteiger partial charge in [0, 0.05) is 6.42 Å². The number of hydrogen-bond acceptors (Lipinski definition) is 4. The molecule has 0 saturated carbocycles. The van der Waals surface area contributed by atoms with Crippen molar-refractivity contribution in [3.63, 3.8) is 0 Å². The molecule has 1 rings (SSSR count). The van der Waals surface area contributed by atoms with Crippen LogP contribution in [0.2, 0.25) is 0 Å². The number of nitrogens with one attached hydrogen (secondary N) is 2. The number of carbonyl (C=O) groups excluding carboxylic acids is 1. The third-order valence-corrected chi connectivity index (χ3v) is 2.44. The van der Waals surface area contributed by atoms with Crippen LogP contribution < -0.4 is 11.1 Å². The van der Waals surface area contributed by atoms with Gasteiger partial charge in [-0.1, -0.05) is 6.92 Å². The molecule has 1 aromatic heterocycles. The van der Waals surface area contributed by atoms with Crippen molar-refractivity contribution in [2.75, 3.05) is 6.54 Å². The van der Waals surface area contributed by atoms with Crippen LogP contribution in [0.3, 0.4) is 0 Å². The summed E-state index contributed by atoms with van der Waals surface area (Å²) < 4.78 is 0. The van der Waals surface area contributed by atoms with Crippen molar-refractivity contribution in [2.45, 2.75) is 32.7 Å². The Bertz CT molecular complexity index is 298. The Morgan fingerprint density at radius 3 is 3.06 bits per heavy atom. The Morgan fingerprint density at radius 2 is 2.44 bits per heavy atom. The van der Waals surface area contributed by atoms with Crippen molar-refractivity contribution in [2.24, 2.45) is 11.7 Å². The third-order valence-electron chi connectivity index (χ3n) is 2.44. The van der Waals surface area contributed by atoms with E-state index < -0.39 is 0 Å². The summed E-state index contributed by atoms with van der Waals surface area (Å²) in [5, 5.41) is 9.16. The molecule has 1 unspecified atom stereocenters. The van der Waals surface area contributed by atoms with E-state index in [2.05, 4.69) is 27.4 Å². The van der Waals surface area contributed by atoms with Crippen LogP contribution in [0.1, 0.15) is 32.0 Å². The van der Waals surface area contributed by atoms with Gasteiger partial charge in [0.2, 0.25) is 5.91 Å². The zero-order chi connectivity index (χ0) is 11.8. The predicted octanol–water partition coefficient (Wildman–Crippen LogP) is 0.186. The van der Waals surface area contributed by atoms with Crippen molar-refractivity contribution < 1.29 is 4.79 Å². The molecule has 0 aliphatic heterocycles. The number of nitrogens with zero attached hydrogens (tertiary/aromatic N) is 2. The van der Waals surface area contributed by atoms with Crippen LogP contribution in [0, 0.1) is 5.92 Å². The number of aromatic amines is 1. The standard InChI is InChI=1S/C10H19N5O/c1-8(4-5-11)2-3-10(16)12-6-9-13-7-14-15-9/h7-8H,2-6,11H2,1H3,(H,12,16)(H,13,14,15). The molecule has 0 radical (unpaired) electrons. The second-order valence-electron chi connectivity index (χ2n) is 3.93. The van der Waals surface area contributed by atoms with Crippen LogP contribution in [-0.2, 0) is 11.3 Å². The Labute approximate surface area is 95.0 Å². The van der Waals surface area contributed by atoms with E-state index in [1.807, 2.05) is 0 Å². The molecule has 6 heteroatoms. The van der Waals surface area contributed by atoms with E-state index in [4.69, 9.17) is 5.73 Å². The van der Waals surface area contributed by atoms with Crippen molar-refractivity contribution in [1.29, 1.82) is 0 Å². The largest absolute Gasteiger partial charge is 0.349 e. The number of H-pyrrole nitrogens is 1. The highest BCUT2D eigenvalue weighted by Crippen LogP contribution is 2.08.